The van der Waals surface area contributed by atoms with Gasteiger partial charge in [-0.25, -0.2) is 0 Å². The molecule has 0 spiro atoms. The predicted molar refractivity (Wildman–Crippen MR) is 107 cm³/mol. The van der Waals surface area contributed by atoms with Gasteiger partial charge in [-0.1, -0.05) is 6.58 Å². The zero-order valence-electron chi connectivity index (χ0n) is 14.5. The number of anilines is 1. The molecular formula is C19H21N3O3S. The van der Waals surface area contributed by atoms with Crippen LogP contribution in [-0.4, -0.2) is 24.9 Å². The second-order valence-electron chi connectivity index (χ2n) is 5.50. The summed E-state index contributed by atoms with van der Waals surface area (Å²) in [5.74, 6) is 2.28. The Kier molecular flexibility index (Phi) is 5.80. The first-order valence-corrected chi connectivity index (χ1v) is 8.71. The second kappa shape index (κ2) is 8.44. The smallest absolute Gasteiger partial charge is 0.189 e. The van der Waals surface area contributed by atoms with Crippen LogP contribution < -0.4 is 30.4 Å². The third-order valence-electron chi connectivity index (χ3n) is 3.64. The quantitative estimate of drug-likeness (QED) is 0.532. The van der Waals surface area contributed by atoms with Crippen molar-refractivity contribution in [2.75, 3.05) is 25.1 Å². The maximum absolute atomic E-state index is 5.58. The van der Waals surface area contributed by atoms with E-state index in [2.05, 4.69) is 22.7 Å². The van der Waals surface area contributed by atoms with Crippen molar-refractivity contribution in [3.8, 4) is 17.2 Å². The van der Waals surface area contributed by atoms with Gasteiger partial charge in [-0.15, -0.1) is 0 Å². The summed E-state index contributed by atoms with van der Waals surface area (Å²) < 4.78 is 16.5. The topological polar surface area (TPSA) is 63.8 Å². The Bertz CT molecular complexity index is 793. The van der Waals surface area contributed by atoms with Crippen LogP contribution in [0.3, 0.4) is 0 Å². The van der Waals surface area contributed by atoms with Crippen molar-refractivity contribution >= 4 is 28.7 Å². The molecule has 0 amide bonds. The Labute approximate surface area is 158 Å². The van der Waals surface area contributed by atoms with Gasteiger partial charge in [-0.3, -0.25) is 10.9 Å². The van der Waals surface area contributed by atoms with Gasteiger partial charge in [0.05, 0.1) is 12.3 Å². The van der Waals surface area contributed by atoms with Crippen molar-refractivity contribution < 1.29 is 14.2 Å². The van der Waals surface area contributed by atoms with Crippen molar-refractivity contribution in [3.05, 3.63) is 54.6 Å². The molecule has 0 saturated heterocycles. The third kappa shape index (κ3) is 4.58. The van der Waals surface area contributed by atoms with E-state index in [9.17, 15) is 0 Å². The van der Waals surface area contributed by atoms with Crippen molar-refractivity contribution in [1.82, 2.24) is 10.9 Å². The summed E-state index contributed by atoms with van der Waals surface area (Å²) >= 11 is 5.28. The van der Waals surface area contributed by atoms with Gasteiger partial charge in [-0.05, 0) is 61.6 Å². The van der Waals surface area contributed by atoms with Crippen molar-refractivity contribution in [3.63, 3.8) is 0 Å². The number of thiocarbonyl (C=S) groups is 1. The molecule has 6 nitrogen and oxygen atoms in total. The molecule has 0 fully saturated rings. The molecule has 0 saturated carbocycles. The lowest BCUT2D eigenvalue weighted by atomic mass is 10.1. The minimum atomic E-state index is 0.424. The number of rotatable bonds is 6. The Morgan fingerprint density at radius 2 is 1.81 bits per heavy atom. The second-order valence-corrected chi connectivity index (χ2v) is 5.91. The predicted octanol–water partition coefficient (Wildman–Crippen LogP) is 3.32. The standard InChI is InChI=1S/C19H21N3O3S/c1-3-23-16-7-5-15(6-8-16)20-19(26)22-21-13(2)14-4-9-17-18(12-14)25-11-10-24-17/h4-9,12,21H,2-3,10-11H2,1H3,(H2,20,22,26). The molecule has 1 aliphatic rings. The molecule has 3 N–H and O–H groups in total. The molecule has 0 aliphatic carbocycles. The molecule has 0 bridgehead atoms. The Morgan fingerprint density at radius 3 is 2.54 bits per heavy atom. The third-order valence-corrected chi connectivity index (χ3v) is 3.84. The van der Waals surface area contributed by atoms with Gasteiger partial charge in [0, 0.05) is 11.3 Å². The van der Waals surface area contributed by atoms with Crippen LogP contribution in [0.4, 0.5) is 5.69 Å². The maximum atomic E-state index is 5.58. The molecule has 3 rings (SSSR count). The van der Waals surface area contributed by atoms with Crippen LogP contribution in [-0.2, 0) is 0 Å². The lowest BCUT2D eigenvalue weighted by molar-refractivity contribution is 0.171. The highest BCUT2D eigenvalue weighted by atomic mass is 32.1. The number of hydrazine groups is 1. The molecular weight excluding hydrogens is 350 g/mol. The molecule has 0 radical (unpaired) electrons. The van der Waals surface area contributed by atoms with Crippen LogP contribution in [0.15, 0.2) is 49.0 Å². The zero-order valence-corrected chi connectivity index (χ0v) is 15.3. The van der Waals surface area contributed by atoms with Crippen molar-refractivity contribution in [1.29, 1.82) is 0 Å². The molecule has 2 aromatic rings. The van der Waals surface area contributed by atoms with Crippen LogP contribution in [0.1, 0.15) is 12.5 Å². The molecule has 0 aromatic heterocycles. The molecule has 26 heavy (non-hydrogen) atoms. The number of hydrogen-bond donors (Lipinski definition) is 3. The average molecular weight is 371 g/mol. The van der Waals surface area contributed by atoms with Gasteiger partial charge < -0.3 is 19.5 Å². The Balaban J connectivity index is 1.51. The fourth-order valence-corrected chi connectivity index (χ4v) is 2.57. The van der Waals surface area contributed by atoms with Crippen LogP contribution >= 0.6 is 12.2 Å². The minimum Gasteiger partial charge on any atom is -0.494 e. The fraction of sp³-hybridized carbons (Fsp3) is 0.211. The molecule has 0 unspecified atom stereocenters. The molecule has 1 heterocycles. The Morgan fingerprint density at radius 1 is 1.08 bits per heavy atom. The van der Waals surface area contributed by atoms with E-state index >= 15 is 0 Å². The van der Waals surface area contributed by atoms with Crippen molar-refractivity contribution in [2.24, 2.45) is 0 Å². The van der Waals surface area contributed by atoms with Gasteiger partial charge in [-0.2, -0.15) is 0 Å². The highest BCUT2D eigenvalue weighted by molar-refractivity contribution is 7.80. The number of nitrogens with one attached hydrogen (secondary N) is 3. The molecule has 7 heteroatoms. The summed E-state index contributed by atoms with van der Waals surface area (Å²) in [4.78, 5) is 0. The summed E-state index contributed by atoms with van der Waals surface area (Å²) in [6.45, 7) is 7.71. The molecule has 136 valence electrons. The molecule has 1 aliphatic heterocycles. The van der Waals surface area contributed by atoms with Gasteiger partial charge in [0.15, 0.2) is 16.6 Å². The van der Waals surface area contributed by atoms with Crippen LogP contribution in [0.25, 0.3) is 5.70 Å². The van der Waals surface area contributed by atoms with E-state index in [0.29, 0.717) is 36.4 Å². The van der Waals surface area contributed by atoms with E-state index in [0.717, 1.165) is 22.7 Å². The summed E-state index contributed by atoms with van der Waals surface area (Å²) in [7, 11) is 0. The van der Waals surface area contributed by atoms with Gasteiger partial charge in [0.25, 0.3) is 0 Å². The average Bonchev–Trinajstić information content (AvgIpc) is 2.67. The van der Waals surface area contributed by atoms with Crippen molar-refractivity contribution in [2.45, 2.75) is 6.92 Å². The molecule has 0 atom stereocenters. The normalized spacial score (nSPS) is 12.0. The van der Waals surface area contributed by atoms with Crippen LogP contribution in [0.2, 0.25) is 0 Å². The van der Waals surface area contributed by atoms with E-state index in [1.54, 1.807) is 0 Å². The van der Waals surface area contributed by atoms with E-state index in [1.807, 2.05) is 49.4 Å². The fourth-order valence-electron chi connectivity index (χ4n) is 2.40. The summed E-state index contributed by atoms with van der Waals surface area (Å²) in [6.07, 6.45) is 0. The highest BCUT2D eigenvalue weighted by Crippen LogP contribution is 2.32. The lowest BCUT2D eigenvalue weighted by Gasteiger charge is -2.20. The first kappa shape index (κ1) is 17.9. The largest absolute Gasteiger partial charge is 0.494 e. The maximum Gasteiger partial charge on any atom is 0.189 e. The van der Waals surface area contributed by atoms with Crippen LogP contribution in [0, 0.1) is 0 Å². The van der Waals surface area contributed by atoms with Gasteiger partial charge >= 0.3 is 0 Å². The highest BCUT2D eigenvalue weighted by Gasteiger charge is 2.12. The lowest BCUT2D eigenvalue weighted by Crippen LogP contribution is -2.38. The van der Waals surface area contributed by atoms with E-state index in [1.165, 1.54) is 0 Å². The Hall–Kier alpha value is -2.93. The monoisotopic (exact) mass is 371 g/mol. The number of hydrogen-bond acceptors (Lipinski definition) is 5. The number of fused-ring (bicyclic) bond motifs is 1. The number of benzene rings is 2. The van der Waals surface area contributed by atoms with E-state index in [-0.39, 0.29) is 0 Å². The van der Waals surface area contributed by atoms with Gasteiger partial charge in [0.2, 0.25) is 0 Å². The van der Waals surface area contributed by atoms with E-state index in [4.69, 9.17) is 26.4 Å². The number of ether oxygens (including phenoxy) is 3. The first-order valence-electron chi connectivity index (χ1n) is 8.30. The summed E-state index contributed by atoms with van der Waals surface area (Å²) in [5.41, 5.74) is 8.31. The summed E-state index contributed by atoms with van der Waals surface area (Å²) in [6, 6.07) is 13.2. The first-order chi connectivity index (χ1) is 12.7. The van der Waals surface area contributed by atoms with Gasteiger partial charge in [0.1, 0.15) is 19.0 Å². The van der Waals surface area contributed by atoms with E-state index < -0.39 is 0 Å². The summed E-state index contributed by atoms with van der Waals surface area (Å²) in [5, 5.41) is 3.51. The SMILES string of the molecule is C=C(NNC(=S)Nc1ccc(OCC)cc1)c1ccc2c(c1)OCCO2. The van der Waals surface area contributed by atoms with Crippen LogP contribution in [0.5, 0.6) is 17.2 Å². The molecule has 2 aromatic carbocycles. The zero-order chi connectivity index (χ0) is 18.4. The minimum absolute atomic E-state index is 0.424.